The molecular weight excluding hydrogens is 279 g/mol. The van der Waals surface area contributed by atoms with Gasteiger partial charge in [-0.1, -0.05) is 36.0 Å². The lowest BCUT2D eigenvalue weighted by molar-refractivity contribution is 0.340. The summed E-state index contributed by atoms with van der Waals surface area (Å²) in [5.74, 6) is 1.39. The van der Waals surface area contributed by atoms with E-state index in [9.17, 15) is 0 Å². The molecule has 1 saturated carbocycles. The van der Waals surface area contributed by atoms with Crippen molar-refractivity contribution in [3.63, 3.8) is 0 Å². The highest BCUT2D eigenvalue weighted by molar-refractivity contribution is 6.35. The van der Waals surface area contributed by atoms with Crippen LogP contribution in [-0.4, -0.2) is 6.61 Å². The van der Waals surface area contributed by atoms with Crippen LogP contribution in [0, 0.1) is 5.92 Å². The topological polar surface area (TPSA) is 9.23 Å². The summed E-state index contributed by atoms with van der Waals surface area (Å²) < 4.78 is 5.39. The van der Waals surface area contributed by atoms with Crippen molar-refractivity contribution in [1.29, 1.82) is 0 Å². The van der Waals surface area contributed by atoms with Crippen molar-refractivity contribution in [3.8, 4) is 5.75 Å². The quantitative estimate of drug-likeness (QED) is 0.654. The summed E-state index contributed by atoms with van der Waals surface area (Å²) in [6.45, 7) is 2.48. The standard InChI is InChI=1S/C13H15Cl3O/c1-2-17-13-7-11(15)9(6-12(13)16)10(14)5-8-3-4-8/h6-8,10H,2-5H2,1H3. The van der Waals surface area contributed by atoms with Crippen LogP contribution in [0.25, 0.3) is 0 Å². The smallest absolute Gasteiger partial charge is 0.139 e. The predicted molar refractivity (Wildman–Crippen MR) is 73.6 cm³/mol. The van der Waals surface area contributed by atoms with Gasteiger partial charge in [-0.15, -0.1) is 11.6 Å². The van der Waals surface area contributed by atoms with Crippen LogP contribution < -0.4 is 4.74 Å². The van der Waals surface area contributed by atoms with E-state index in [2.05, 4.69) is 0 Å². The summed E-state index contributed by atoms with van der Waals surface area (Å²) in [6.07, 6.45) is 3.54. The fourth-order valence-electron chi connectivity index (χ4n) is 1.82. The number of rotatable bonds is 5. The third kappa shape index (κ3) is 3.43. The number of hydrogen-bond donors (Lipinski definition) is 0. The van der Waals surface area contributed by atoms with Gasteiger partial charge in [-0.05, 0) is 30.9 Å². The normalized spacial score (nSPS) is 16.9. The van der Waals surface area contributed by atoms with Gasteiger partial charge in [0.1, 0.15) is 5.75 Å². The lowest BCUT2D eigenvalue weighted by Crippen LogP contribution is -1.97. The Balaban J connectivity index is 2.18. The molecule has 0 N–H and O–H groups in total. The molecule has 1 aliphatic rings. The molecule has 1 unspecified atom stereocenters. The Bertz CT molecular complexity index is 402. The van der Waals surface area contributed by atoms with Gasteiger partial charge >= 0.3 is 0 Å². The van der Waals surface area contributed by atoms with E-state index in [0.29, 0.717) is 22.4 Å². The monoisotopic (exact) mass is 292 g/mol. The van der Waals surface area contributed by atoms with E-state index in [-0.39, 0.29) is 5.38 Å². The van der Waals surface area contributed by atoms with Crippen molar-refractivity contribution in [3.05, 3.63) is 27.7 Å². The highest BCUT2D eigenvalue weighted by atomic mass is 35.5. The van der Waals surface area contributed by atoms with Gasteiger partial charge in [-0.25, -0.2) is 0 Å². The molecule has 0 spiro atoms. The van der Waals surface area contributed by atoms with Crippen LogP contribution in [0.4, 0.5) is 0 Å². The van der Waals surface area contributed by atoms with Gasteiger partial charge in [0.25, 0.3) is 0 Å². The molecule has 1 atom stereocenters. The molecule has 4 heteroatoms. The molecule has 0 aliphatic heterocycles. The number of benzene rings is 1. The van der Waals surface area contributed by atoms with E-state index in [1.54, 1.807) is 6.07 Å². The Labute approximate surface area is 117 Å². The highest BCUT2D eigenvalue weighted by Gasteiger charge is 2.26. The zero-order valence-corrected chi connectivity index (χ0v) is 11.9. The second kappa shape index (κ2) is 5.69. The highest BCUT2D eigenvalue weighted by Crippen LogP contribution is 2.43. The second-order valence-electron chi connectivity index (χ2n) is 4.38. The number of halogens is 3. The summed E-state index contributed by atoms with van der Waals surface area (Å²) in [4.78, 5) is 0. The summed E-state index contributed by atoms with van der Waals surface area (Å²) in [5.41, 5.74) is 0.911. The van der Waals surface area contributed by atoms with Crippen molar-refractivity contribution in [2.24, 2.45) is 5.92 Å². The van der Waals surface area contributed by atoms with Gasteiger partial charge in [0.2, 0.25) is 0 Å². The zero-order valence-electron chi connectivity index (χ0n) is 9.68. The van der Waals surface area contributed by atoms with Crippen molar-refractivity contribution < 1.29 is 4.74 Å². The Morgan fingerprint density at radius 1 is 1.29 bits per heavy atom. The van der Waals surface area contributed by atoms with Crippen LogP contribution in [0.2, 0.25) is 10.0 Å². The largest absolute Gasteiger partial charge is 0.492 e. The maximum absolute atomic E-state index is 6.36. The summed E-state index contributed by atoms with van der Waals surface area (Å²) in [5, 5.41) is 1.16. The molecule has 0 bridgehead atoms. The third-order valence-electron chi connectivity index (χ3n) is 2.93. The minimum Gasteiger partial charge on any atom is -0.492 e. The van der Waals surface area contributed by atoms with E-state index in [0.717, 1.165) is 17.9 Å². The molecule has 0 saturated heterocycles. The van der Waals surface area contributed by atoms with Crippen LogP contribution >= 0.6 is 34.8 Å². The third-order valence-corrected chi connectivity index (χ3v) is 3.96. The van der Waals surface area contributed by atoms with Crippen molar-refractivity contribution in [2.75, 3.05) is 6.61 Å². The van der Waals surface area contributed by atoms with E-state index in [4.69, 9.17) is 39.5 Å². The Hall–Kier alpha value is -0.110. The maximum atomic E-state index is 6.36. The first-order valence-corrected chi connectivity index (χ1v) is 7.06. The fraction of sp³-hybridized carbons (Fsp3) is 0.538. The first kappa shape index (κ1) is 13.3. The molecule has 0 amide bonds. The van der Waals surface area contributed by atoms with Gasteiger partial charge in [0.15, 0.2) is 0 Å². The average Bonchev–Trinajstić information content (AvgIpc) is 3.07. The molecule has 17 heavy (non-hydrogen) atoms. The first-order chi connectivity index (χ1) is 8.11. The zero-order chi connectivity index (χ0) is 12.4. The summed E-state index contributed by atoms with van der Waals surface area (Å²) in [7, 11) is 0. The van der Waals surface area contributed by atoms with Crippen LogP contribution in [0.1, 0.15) is 37.1 Å². The molecular formula is C13H15Cl3O. The lowest BCUT2D eigenvalue weighted by Gasteiger charge is -2.14. The maximum Gasteiger partial charge on any atom is 0.139 e. The molecule has 1 aromatic rings. The number of alkyl halides is 1. The first-order valence-electron chi connectivity index (χ1n) is 5.87. The van der Waals surface area contributed by atoms with Gasteiger partial charge < -0.3 is 4.74 Å². The second-order valence-corrected chi connectivity index (χ2v) is 5.72. The van der Waals surface area contributed by atoms with Crippen molar-refractivity contribution in [2.45, 2.75) is 31.6 Å². The molecule has 0 aromatic heterocycles. The van der Waals surface area contributed by atoms with Gasteiger partial charge in [0.05, 0.1) is 17.0 Å². The van der Waals surface area contributed by atoms with E-state index < -0.39 is 0 Å². The molecule has 94 valence electrons. The van der Waals surface area contributed by atoms with E-state index in [1.165, 1.54) is 12.8 Å². The minimum absolute atomic E-state index is 0.0526. The van der Waals surface area contributed by atoms with Gasteiger partial charge in [-0.2, -0.15) is 0 Å². The molecule has 1 nitrogen and oxygen atoms in total. The van der Waals surface area contributed by atoms with Crippen LogP contribution in [0.3, 0.4) is 0 Å². The number of hydrogen-bond acceptors (Lipinski definition) is 1. The van der Waals surface area contributed by atoms with Crippen LogP contribution in [-0.2, 0) is 0 Å². The van der Waals surface area contributed by atoms with Crippen LogP contribution in [0.5, 0.6) is 5.75 Å². The molecule has 1 fully saturated rings. The number of ether oxygens (including phenoxy) is 1. The SMILES string of the molecule is CCOc1cc(Cl)c(C(Cl)CC2CC2)cc1Cl. The van der Waals surface area contributed by atoms with Crippen molar-refractivity contribution >= 4 is 34.8 Å². The molecule has 1 aromatic carbocycles. The molecule has 2 rings (SSSR count). The molecule has 0 heterocycles. The van der Waals surface area contributed by atoms with Crippen LogP contribution in [0.15, 0.2) is 12.1 Å². The summed E-state index contributed by atoms with van der Waals surface area (Å²) in [6, 6.07) is 3.58. The Morgan fingerprint density at radius 2 is 2.00 bits per heavy atom. The lowest BCUT2D eigenvalue weighted by atomic mass is 10.1. The predicted octanol–water partition coefficient (Wildman–Crippen LogP) is 5.47. The Kier molecular flexibility index (Phi) is 4.46. The minimum atomic E-state index is -0.0526. The van der Waals surface area contributed by atoms with E-state index in [1.807, 2.05) is 13.0 Å². The average molecular weight is 294 g/mol. The molecule has 0 radical (unpaired) electrons. The Morgan fingerprint density at radius 3 is 2.59 bits per heavy atom. The van der Waals surface area contributed by atoms with E-state index >= 15 is 0 Å². The molecule has 1 aliphatic carbocycles. The summed E-state index contributed by atoms with van der Waals surface area (Å²) >= 11 is 18.7. The van der Waals surface area contributed by atoms with Crippen molar-refractivity contribution in [1.82, 2.24) is 0 Å². The van der Waals surface area contributed by atoms with Gasteiger partial charge in [0, 0.05) is 11.1 Å². The van der Waals surface area contributed by atoms with Gasteiger partial charge in [-0.3, -0.25) is 0 Å². The fourth-order valence-corrected chi connectivity index (χ4v) is 2.82.